The maximum absolute atomic E-state index is 12.6. The van der Waals surface area contributed by atoms with Crippen molar-refractivity contribution in [3.63, 3.8) is 0 Å². The Kier molecular flexibility index (Phi) is 5.68. The Hall–Kier alpha value is -2.37. The zero-order chi connectivity index (χ0) is 17.6. The fourth-order valence-electron chi connectivity index (χ4n) is 2.88. The van der Waals surface area contributed by atoms with Gasteiger partial charge in [-0.1, -0.05) is 23.8 Å². The largest absolute Gasteiger partial charge is 0.463 e. The molecule has 130 valence electrons. The van der Waals surface area contributed by atoms with Gasteiger partial charge in [-0.15, -0.1) is 11.3 Å². The van der Waals surface area contributed by atoms with E-state index in [0.717, 1.165) is 28.5 Å². The number of rotatable bonds is 7. The van der Waals surface area contributed by atoms with Crippen LogP contribution in [0.3, 0.4) is 0 Å². The molecule has 5 heteroatoms. The van der Waals surface area contributed by atoms with Crippen molar-refractivity contribution in [2.24, 2.45) is 0 Å². The zero-order valence-corrected chi connectivity index (χ0v) is 15.4. The molecule has 0 bridgehead atoms. The standard InChI is InChI=1S/C20H22N2O2S/c1-15-7-8-19(16(2)11-15)21-20(23)14-22(12-17-5-3-9-24-17)13-18-6-4-10-25-18/h3-11H,12-14H2,1-2H3,(H,21,23)/p+1. The van der Waals surface area contributed by atoms with Crippen molar-refractivity contribution in [3.8, 4) is 0 Å². The summed E-state index contributed by atoms with van der Waals surface area (Å²) in [5.41, 5.74) is 3.15. The van der Waals surface area contributed by atoms with Gasteiger partial charge in [-0.05, 0) is 49.1 Å². The van der Waals surface area contributed by atoms with Crippen LogP contribution in [0.2, 0.25) is 0 Å². The molecule has 0 spiro atoms. The SMILES string of the molecule is Cc1ccc(NC(=O)C[NH+](Cc2ccco2)Cc2cccs2)c(C)c1. The first kappa shape index (κ1) is 17.5. The van der Waals surface area contributed by atoms with Crippen molar-refractivity contribution >= 4 is 22.9 Å². The van der Waals surface area contributed by atoms with Gasteiger partial charge in [0, 0.05) is 5.69 Å². The predicted octanol–water partition coefficient (Wildman–Crippen LogP) is 3.18. The molecule has 2 aromatic heterocycles. The second-order valence-electron chi connectivity index (χ2n) is 6.31. The van der Waals surface area contributed by atoms with Gasteiger partial charge in [-0.25, -0.2) is 0 Å². The van der Waals surface area contributed by atoms with Crippen LogP contribution >= 0.6 is 11.3 Å². The topological polar surface area (TPSA) is 46.7 Å². The maximum atomic E-state index is 12.6. The third-order valence-corrected chi connectivity index (χ3v) is 4.95. The highest BCUT2D eigenvalue weighted by Crippen LogP contribution is 2.15. The van der Waals surface area contributed by atoms with E-state index in [9.17, 15) is 4.79 Å². The number of quaternary nitrogens is 1. The molecule has 25 heavy (non-hydrogen) atoms. The fourth-order valence-corrected chi connectivity index (χ4v) is 3.66. The molecule has 4 nitrogen and oxygen atoms in total. The van der Waals surface area contributed by atoms with Crippen molar-refractivity contribution in [1.29, 1.82) is 0 Å². The van der Waals surface area contributed by atoms with Crippen LogP contribution in [0.25, 0.3) is 0 Å². The van der Waals surface area contributed by atoms with E-state index in [0.29, 0.717) is 13.1 Å². The Morgan fingerprint density at radius 2 is 2.04 bits per heavy atom. The molecule has 0 saturated heterocycles. The number of hydrogen-bond donors (Lipinski definition) is 2. The Bertz CT molecular complexity index is 774. The molecule has 2 heterocycles. The fraction of sp³-hybridized carbons (Fsp3) is 0.250. The number of carbonyl (C=O) groups is 1. The number of nitrogens with one attached hydrogen (secondary N) is 2. The molecule has 0 aliphatic heterocycles. The van der Waals surface area contributed by atoms with Gasteiger partial charge in [-0.3, -0.25) is 4.79 Å². The van der Waals surface area contributed by atoms with Crippen LogP contribution in [0.5, 0.6) is 0 Å². The van der Waals surface area contributed by atoms with E-state index in [4.69, 9.17) is 4.42 Å². The van der Waals surface area contributed by atoms with Gasteiger partial charge in [0.05, 0.1) is 11.1 Å². The predicted molar refractivity (Wildman–Crippen MR) is 101 cm³/mol. The van der Waals surface area contributed by atoms with Crippen LogP contribution in [0.15, 0.2) is 58.5 Å². The molecule has 1 aromatic carbocycles. The first-order chi connectivity index (χ1) is 12.1. The first-order valence-electron chi connectivity index (χ1n) is 8.35. The van der Waals surface area contributed by atoms with Crippen LogP contribution in [0, 0.1) is 13.8 Å². The molecule has 0 aliphatic rings. The normalized spacial score (nSPS) is 12.1. The van der Waals surface area contributed by atoms with Gasteiger partial charge in [-0.2, -0.15) is 0 Å². The molecular formula is C20H23N2O2S+. The number of furan rings is 1. The number of carbonyl (C=O) groups excluding carboxylic acids is 1. The number of benzene rings is 1. The molecule has 0 fully saturated rings. The third kappa shape index (κ3) is 5.05. The number of amides is 1. The van der Waals surface area contributed by atoms with Gasteiger partial charge >= 0.3 is 0 Å². The Balaban J connectivity index is 1.66. The molecule has 0 radical (unpaired) electrons. The number of thiophene rings is 1. The van der Waals surface area contributed by atoms with Gasteiger partial charge in [0.2, 0.25) is 0 Å². The molecule has 1 unspecified atom stereocenters. The lowest BCUT2D eigenvalue weighted by atomic mass is 10.1. The highest BCUT2D eigenvalue weighted by Gasteiger charge is 2.18. The van der Waals surface area contributed by atoms with Gasteiger partial charge < -0.3 is 14.6 Å². The molecule has 3 aromatic rings. The lowest BCUT2D eigenvalue weighted by molar-refractivity contribution is -0.920. The highest BCUT2D eigenvalue weighted by molar-refractivity contribution is 7.09. The third-order valence-electron chi connectivity index (χ3n) is 4.08. The smallest absolute Gasteiger partial charge is 0.279 e. The summed E-state index contributed by atoms with van der Waals surface area (Å²) in [5, 5.41) is 5.11. The molecule has 3 rings (SSSR count). The van der Waals surface area contributed by atoms with E-state index in [1.165, 1.54) is 10.4 Å². The second kappa shape index (κ2) is 8.14. The van der Waals surface area contributed by atoms with Gasteiger partial charge in [0.1, 0.15) is 13.1 Å². The zero-order valence-electron chi connectivity index (χ0n) is 14.5. The van der Waals surface area contributed by atoms with Gasteiger partial charge in [0.25, 0.3) is 5.91 Å². The monoisotopic (exact) mass is 355 g/mol. The summed E-state index contributed by atoms with van der Waals surface area (Å²) < 4.78 is 5.47. The van der Waals surface area contributed by atoms with E-state index in [-0.39, 0.29) is 5.91 Å². The number of hydrogen-bond acceptors (Lipinski definition) is 3. The van der Waals surface area contributed by atoms with E-state index in [2.05, 4.69) is 29.8 Å². The highest BCUT2D eigenvalue weighted by atomic mass is 32.1. The van der Waals surface area contributed by atoms with Crippen LogP contribution in [0.1, 0.15) is 21.8 Å². The van der Waals surface area contributed by atoms with Gasteiger partial charge in [0.15, 0.2) is 12.3 Å². The average molecular weight is 355 g/mol. The second-order valence-corrected chi connectivity index (χ2v) is 7.34. The maximum Gasteiger partial charge on any atom is 0.279 e. The average Bonchev–Trinajstić information content (AvgIpc) is 3.24. The summed E-state index contributed by atoms with van der Waals surface area (Å²) >= 11 is 1.72. The van der Waals surface area contributed by atoms with E-state index in [1.807, 2.05) is 37.3 Å². The summed E-state index contributed by atoms with van der Waals surface area (Å²) in [5.74, 6) is 0.913. The van der Waals surface area contributed by atoms with Crippen molar-refractivity contribution in [2.45, 2.75) is 26.9 Å². The molecule has 1 amide bonds. The molecular weight excluding hydrogens is 332 g/mol. The molecule has 0 aliphatic carbocycles. The Morgan fingerprint density at radius 1 is 1.16 bits per heavy atom. The summed E-state index contributed by atoms with van der Waals surface area (Å²) in [6.07, 6.45) is 1.67. The Morgan fingerprint density at radius 3 is 2.72 bits per heavy atom. The van der Waals surface area contributed by atoms with Crippen LogP contribution in [-0.2, 0) is 17.9 Å². The first-order valence-corrected chi connectivity index (χ1v) is 9.23. The minimum absolute atomic E-state index is 0.0186. The summed E-state index contributed by atoms with van der Waals surface area (Å²) in [7, 11) is 0. The van der Waals surface area contributed by atoms with Crippen LogP contribution in [-0.4, -0.2) is 12.5 Å². The van der Waals surface area contributed by atoms with Crippen molar-refractivity contribution < 1.29 is 14.1 Å². The summed E-state index contributed by atoms with van der Waals surface area (Å²) in [6, 6.07) is 14.0. The van der Waals surface area contributed by atoms with E-state index < -0.39 is 0 Å². The minimum atomic E-state index is 0.0186. The summed E-state index contributed by atoms with van der Waals surface area (Å²) in [6.45, 7) is 5.95. The van der Waals surface area contributed by atoms with Crippen molar-refractivity contribution in [2.75, 3.05) is 11.9 Å². The van der Waals surface area contributed by atoms with E-state index in [1.54, 1.807) is 17.6 Å². The number of anilines is 1. The molecule has 1 atom stereocenters. The lowest BCUT2D eigenvalue weighted by Crippen LogP contribution is -3.10. The summed E-state index contributed by atoms with van der Waals surface area (Å²) in [4.78, 5) is 15.0. The molecule has 2 N–H and O–H groups in total. The van der Waals surface area contributed by atoms with Crippen LogP contribution in [0.4, 0.5) is 5.69 Å². The lowest BCUT2D eigenvalue weighted by Gasteiger charge is -2.18. The Labute approximate surface area is 152 Å². The van der Waals surface area contributed by atoms with Crippen molar-refractivity contribution in [3.05, 3.63) is 75.9 Å². The van der Waals surface area contributed by atoms with Crippen molar-refractivity contribution in [1.82, 2.24) is 0 Å². The number of aryl methyl sites for hydroxylation is 2. The molecule has 0 saturated carbocycles. The van der Waals surface area contributed by atoms with Crippen LogP contribution < -0.4 is 10.2 Å². The minimum Gasteiger partial charge on any atom is -0.463 e. The quantitative estimate of drug-likeness (QED) is 0.684. The van der Waals surface area contributed by atoms with E-state index >= 15 is 0 Å².